The quantitative estimate of drug-likeness (QED) is 0.559. The van der Waals surface area contributed by atoms with E-state index < -0.39 is 11.8 Å². The van der Waals surface area contributed by atoms with Crippen molar-refractivity contribution in [3.05, 3.63) is 35.9 Å². The van der Waals surface area contributed by atoms with Gasteiger partial charge in [0.25, 0.3) is 0 Å². The molecule has 1 fully saturated rings. The SMILES string of the molecule is CCN(CC)CCCNC(=O)C(=O)N1CCN(Cc2ccccc2)CC1. The standard InChI is InChI=1S/C20H32N4O2/c1-3-22(4-2)12-8-11-21-19(25)20(26)24-15-13-23(14-16-24)17-18-9-6-5-7-10-18/h5-7,9-10H,3-4,8,11-17H2,1-2H3,(H,21,25). The van der Waals surface area contributed by atoms with Gasteiger partial charge in [0.1, 0.15) is 0 Å². The van der Waals surface area contributed by atoms with E-state index in [0.717, 1.165) is 45.7 Å². The van der Waals surface area contributed by atoms with Crippen molar-refractivity contribution in [2.24, 2.45) is 0 Å². The minimum absolute atomic E-state index is 0.396. The average Bonchev–Trinajstić information content (AvgIpc) is 2.69. The monoisotopic (exact) mass is 360 g/mol. The van der Waals surface area contributed by atoms with Crippen molar-refractivity contribution in [3.8, 4) is 0 Å². The first-order valence-corrected chi connectivity index (χ1v) is 9.69. The molecule has 1 aromatic rings. The summed E-state index contributed by atoms with van der Waals surface area (Å²) in [4.78, 5) is 30.7. The van der Waals surface area contributed by atoms with Crippen LogP contribution in [0.15, 0.2) is 30.3 Å². The molecular formula is C20H32N4O2. The van der Waals surface area contributed by atoms with Crippen molar-refractivity contribution < 1.29 is 9.59 Å². The molecule has 0 spiro atoms. The van der Waals surface area contributed by atoms with E-state index in [1.54, 1.807) is 4.90 Å². The highest BCUT2D eigenvalue weighted by Crippen LogP contribution is 2.08. The molecule has 0 saturated carbocycles. The van der Waals surface area contributed by atoms with Crippen molar-refractivity contribution in [2.45, 2.75) is 26.8 Å². The molecule has 0 aromatic heterocycles. The molecule has 26 heavy (non-hydrogen) atoms. The lowest BCUT2D eigenvalue weighted by Crippen LogP contribution is -2.52. The van der Waals surface area contributed by atoms with Crippen LogP contribution >= 0.6 is 0 Å². The van der Waals surface area contributed by atoms with E-state index in [0.29, 0.717) is 19.6 Å². The first kappa shape index (κ1) is 20.4. The van der Waals surface area contributed by atoms with Gasteiger partial charge in [0.05, 0.1) is 0 Å². The van der Waals surface area contributed by atoms with Crippen molar-refractivity contribution in [2.75, 3.05) is 52.4 Å². The van der Waals surface area contributed by atoms with Gasteiger partial charge in [-0.2, -0.15) is 0 Å². The number of rotatable bonds is 8. The molecule has 1 heterocycles. The molecule has 1 N–H and O–H groups in total. The topological polar surface area (TPSA) is 55.9 Å². The maximum absolute atomic E-state index is 12.3. The number of hydrogen-bond acceptors (Lipinski definition) is 4. The van der Waals surface area contributed by atoms with E-state index in [4.69, 9.17) is 0 Å². The Balaban J connectivity index is 1.66. The Morgan fingerprint density at radius 2 is 1.69 bits per heavy atom. The van der Waals surface area contributed by atoms with Crippen LogP contribution in [0.1, 0.15) is 25.8 Å². The van der Waals surface area contributed by atoms with Gasteiger partial charge in [0, 0.05) is 39.3 Å². The van der Waals surface area contributed by atoms with E-state index >= 15 is 0 Å². The molecule has 1 aliphatic heterocycles. The van der Waals surface area contributed by atoms with Gasteiger partial charge in [0.15, 0.2) is 0 Å². The fourth-order valence-corrected chi connectivity index (χ4v) is 3.21. The molecule has 0 aliphatic carbocycles. The Labute approximate surface area is 157 Å². The molecule has 1 aromatic carbocycles. The maximum atomic E-state index is 12.3. The Hall–Kier alpha value is -1.92. The van der Waals surface area contributed by atoms with Crippen LogP contribution < -0.4 is 5.32 Å². The third-order valence-corrected chi connectivity index (χ3v) is 4.93. The summed E-state index contributed by atoms with van der Waals surface area (Å²) in [6, 6.07) is 10.3. The number of nitrogens with one attached hydrogen (secondary N) is 1. The molecule has 2 amide bonds. The van der Waals surface area contributed by atoms with Crippen molar-refractivity contribution >= 4 is 11.8 Å². The number of piperazine rings is 1. The molecule has 0 unspecified atom stereocenters. The zero-order valence-corrected chi connectivity index (χ0v) is 16.1. The molecule has 0 radical (unpaired) electrons. The first-order chi connectivity index (χ1) is 12.6. The third kappa shape index (κ3) is 6.42. The van der Waals surface area contributed by atoms with E-state index in [-0.39, 0.29) is 0 Å². The van der Waals surface area contributed by atoms with E-state index in [9.17, 15) is 9.59 Å². The van der Waals surface area contributed by atoms with Crippen LogP contribution in [0.3, 0.4) is 0 Å². The van der Waals surface area contributed by atoms with Crippen LogP contribution in [0.4, 0.5) is 0 Å². The van der Waals surface area contributed by atoms with Crippen LogP contribution in [0.5, 0.6) is 0 Å². The molecule has 144 valence electrons. The largest absolute Gasteiger partial charge is 0.348 e. The Bertz CT molecular complexity index is 552. The second kappa shape index (κ2) is 10.9. The number of carbonyl (C=O) groups is 2. The van der Waals surface area contributed by atoms with Gasteiger partial charge in [-0.05, 0) is 31.6 Å². The number of benzene rings is 1. The Morgan fingerprint density at radius 3 is 2.31 bits per heavy atom. The molecule has 6 heteroatoms. The first-order valence-electron chi connectivity index (χ1n) is 9.69. The summed E-state index contributed by atoms with van der Waals surface area (Å²) in [6.45, 7) is 11.5. The minimum Gasteiger partial charge on any atom is -0.348 e. The van der Waals surface area contributed by atoms with Crippen molar-refractivity contribution in [1.29, 1.82) is 0 Å². The second-order valence-corrected chi connectivity index (χ2v) is 6.69. The number of hydrogen-bond donors (Lipinski definition) is 1. The molecular weight excluding hydrogens is 328 g/mol. The lowest BCUT2D eigenvalue weighted by atomic mass is 10.2. The summed E-state index contributed by atoms with van der Waals surface area (Å²) >= 11 is 0. The van der Waals surface area contributed by atoms with Crippen LogP contribution in [0.25, 0.3) is 0 Å². The maximum Gasteiger partial charge on any atom is 0.311 e. The zero-order chi connectivity index (χ0) is 18.8. The zero-order valence-electron chi connectivity index (χ0n) is 16.1. The minimum atomic E-state index is -0.471. The number of carbonyl (C=O) groups excluding carboxylic acids is 2. The van der Waals surface area contributed by atoms with Crippen LogP contribution in [0, 0.1) is 0 Å². The average molecular weight is 361 g/mol. The van der Waals surface area contributed by atoms with Gasteiger partial charge in [-0.25, -0.2) is 0 Å². The highest BCUT2D eigenvalue weighted by Gasteiger charge is 2.25. The van der Waals surface area contributed by atoms with E-state index in [1.807, 2.05) is 18.2 Å². The molecule has 1 saturated heterocycles. The van der Waals surface area contributed by atoms with Crippen molar-refractivity contribution in [3.63, 3.8) is 0 Å². The lowest BCUT2D eigenvalue weighted by molar-refractivity contribution is -0.147. The second-order valence-electron chi connectivity index (χ2n) is 6.69. The highest BCUT2D eigenvalue weighted by atomic mass is 16.2. The summed E-state index contributed by atoms with van der Waals surface area (Å²) in [7, 11) is 0. The number of nitrogens with zero attached hydrogens (tertiary/aromatic N) is 3. The normalized spacial score (nSPS) is 15.3. The summed E-state index contributed by atoms with van der Waals surface area (Å²) in [5.74, 6) is -0.867. The van der Waals surface area contributed by atoms with Crippen LogP contribution in [-0.4, -0.2) is 78.9 Å². The Kier molecular flexibility index (Phi) is 8.58. The molecule has 1 aliphatic rings. The molecule has 0 bridgehead atoms. The Morgan fingerprint density at radius 1 is 1.04 bits per heavy atom. The van der Waals surface area contributed by atoms with Gasteiger partial charge in [-0.3, -0.25) is 14.5 Å². The summed E-state index contributed by atoms with van der Waals surface area (Å²) < 4.78 is 0. The summed E-state index contributed by atoms with van der Waals surface area (Å²) in [5, 5.41) is 2.76. The van der Waals surface area contributed by atoms with Crippen LogP contribution in [0.2, 0.25) is 0 Å². The van der Waals surface area contributed by atoms with Crippen LogP contribution in [-0.2, 0) is 16.1 Å². The summed E-state index contributed by atoms with van der Waals surface area (Å²) in [5.41, 5.74) is 1.28. The van der Waals surface area contributed by atoms with Gasteiger partial charge in [-0.15, -0.1) is 0 Å². The number of amides is 2. The lowest BCUT2D eigenvalue weighted by Gasteiger charge is -2.34. The highest BCUT2D eigenvalue weighted by molar-refractivity contribution is 6.35. The predicted molar refractivity (Wildman–Crippen MR) is 104 cm³/mol. The van der Waals surface area contributed by atoms with Gasteiger partial charge in [-0.1, -0.05) is 44.2 Å². The van der Waals surface area contributed by atoms with E-state index in [2.05, 4.69) is 41.1 Å². The fraction of sp³-hybridized carbons (Fsp3) is 0.600. The fourth-order valence-electron chi connectivity index (χ4n) is 3.21. The van der Waals surface area contributed by atoms with Gasteiger partial charge in [0.2, 0.25) is 0 Å². The van der Waals surface area contributed by atoms with E-state index in [1.165, 1.54) is 5.56 Å². The molecule has 6 nitrogen and oxygen atoms in total. The smallest absolute Gasteiger partial charge is 0.311 e. The molecule has 2 rings (SSSR count). The van der Waals surface area contributed by atoms with Gasteiger partial charge < -0.3 is 15.1 Å². The van der Waals surface area contributed by atoms with Crippen molar-refractivity contribution in [1.82, 2.24) is 20.0 Å². The van der Waals surface area contributed by atoms with Gasteiger partial charge >= 0.3 is 11.8 Å². The summed E-state index contributed by atoms with van der Waals surface area (Å²) in [6.07, 6.45) is 0.867. The predicted octanol–water partition coefficient (Wildman–Crippen LogP) is 1.18. The third-order valence-electron chi connectivity index (χ3n) is 4.93. The molecule has 0 atom stereocenters.